The van der Waals surface area contributed by atoms with Crippen molar-refractivity contribution >= 4 is 11.6 Å². The number of carbonyl (C=O) groups excluding carboxylic acids is 1. The number of aromatic hydroxyl groups is 1. The minimum atomic E-state index is -0.418. The monoisotopic (exact) mass is 304 g/mol. The van der Waals surface area contributed by atoms with E-state index >= 15 is 0 Å². The molecule has 1 amide bonds. The first-order chi connectivity index (χ1) is 10.7. The SMILES string of the molecule is CCC1Oc2ccc(O)cc2N(CCN2CCCCC2)C1=O. The number of anilines is 1. The van der Waals surface area contributed by atoms with Crippen LogP contribution in [0.3, 0.4) is 0 Å². The second-order valence-electron chi connectivity index (χ2n) is 6.06. The van der Waals surface area contributed by atoms with E-state index in [1.165, 1.54) is 19.3 Å². The Bertz CT molecular complexity index is 541. The third kappa shape index (κ3) is 3.04. The van der Waals surface area contributed by atoms with Gasteiger partial charge in [-0.1, -0.05) is 13.3 Å². The lowest BCUT2D eigenvalue weighted by Gasteiger charge is -2.36. The van der Waals surface area contributed by atoms with Gasteiger partial charge in [0.05, 0.1) is 5.69 Å². The second-order valence-corrected chi connectivity index (χ2v) is 6.06. The van der Waals surface area contributed by atoms with Gasteiger partial charge in [0, 0.05) is 19.2 Å². The predicted octanol–water partition coefficient (Wildman–Crippen LogP) is 2.38. The Labute approximate surface area is 131 Å². The van der Waals surface area contributed by atoms with Gasteiger partial charge in [0.1, 0.15) is 11.5 Å². The van der Waals surface area contributed by atoms with E-state index in [0.29, 0.717) is 24.4 Å². The van der Waals surface area contributed by atoms with Crippen molar-refractivity contribution in [2.45, 2.75) is 38.7 Å². The van der Waals surface area contributed by atoms with Gasteiger partial charge in [0.25, 0.3) is 5.91 Å². The first-order valence-electron chi connectivity index (χ1n) is 8.22. The highest BCUT2D eigenvalue weighted by molar-refractivity contribution is 6.00. The van der Waals surface area contributed by atoms with Crippen molar-refractivity contribution in [1.82, 2.24) is 4.90 Å². The summed E-state index contributed by atoms with van der Waals surface area (Å²) in [7, 11) is 0. The molecule has 1 N–H and O–H groups in total. The normalized spacial score (nSPS) is 22.3. The van der Waals surface area contributed by atoms with Crippen molar-refractivity contribution in [2.24, 2.45) is 0 Å². The van der Waals surface area contributed by atoms with Crippen LogP contribution >= 0.6 is 0 Å². The smallest absolute Gasteiger partial charge is 0.268 e. The average molecular weight is 304 g/mol. The summed E-state index contributed by atoms with van der Waals surface area (Å²) >= 11 is 0. The van der Waals surface area contributed by atoms with Crippen LogP contribution in [0.15, 0.2) is 18.2 Å². The summed E-state index contributed by atoms with van der Waals surface area (Å²) < 4.78 is 5.75. The number of rotatable bonds is 4. The molecule has 1 saturated heterocycles. The summed E-state index contributed by atoms with van der Waals surface area (Å²) in [6.45, 7) is 5.70. The molecule has 0 saturated carbocycles. The van der Waals surface area contributed by atoms with Crippen molar-refractivity contribution in [3.8, 4) is 11.5 Å². The minimum absolute atomic E-state index is 0.00221. The first kappa shape index (κ1) is 15.2. The molecular formula is C17H24N2O3. The lowest BCUT2D eigenvalue weighted by atomic mass is 10.1. The molecule has 3 rings (SSSR count). The quantitative estimate of drug-likeness (QED) is 0.928. The Kier molecular flexibility index (Phi) is 4.52. The fraction of sp³-hybridized carbons (Fsp3) is 0.588. The molecule has 2 heterocycles. The van der Waals surface area contributed by atoms with Crippen molar-refractivity contribution < 1.29 is 14.6 Å². The number of phenolic OH excluding ortho intramolecular Hbond substituents is 1. The Morgan fingerprint density at radius 3 is 2.73 bits per heavy atom. The zero-order valence-electron chi connectivity index (χ0n) is 13.1. The highest BCUT2D eigenvalue weighted by Crippen LogP contribution is 2.37. The van der Waals surface area contributed by atoms with Gasteiger partial charge in [-0.25, -0.2) is 0 Å². The summed E-state index contributed by atoms with van der Waals surface area (Å²) in [6.07, 6.45) is 4.03. The summed E-state index contributed by atoms with van der Waals surface area (Å²) in [4.78, 5) is 16.8. The van der Waals surface area contributed by atoms with E-state index in [1.807, 2.05) is 6.92 Å². The summed E-state index contributed by atoms with van der Waals surface area (Å²) in [5.74, 6) is 0.841. The largest absolute Gasteiger partial charge is 0.508 e. The maximum atomic E-state index is 12.6. The van der Waals surface area contributed by atoms with E-state index in [1.54, 1.807) is 23.1 Å². The second kappa shape index (κ2) is 6.57. The number of carbonyl (C=O) groups is 1. The average Bonchev–Trinajstić information content (AvgIpc) is 2.54. The molecule has 120 valence electrons. The molecule has 2 aliphatic heterocycles. The fourth-order valence-electron chi connectivity index (χ4n) is 3.23. The molecule has 5 heteroatoms. The zero-order chi connectivity index (χ0) is 15.5. The van der Waals surface area contributed by atoms with Crippen molar-refractivity contribution in [2.75, 3.05) is 31.1 Å². The van der Waals surface area contributed by atoms with Crippen LogP contribution in [0, 0.1) is 0 Å². The first-order valence-corrected chi connectivity index (χ1v) is 8.22. The number of ether oxygens (including phenoxy) is 1. The van der Waals surface area contributed by atoms with Crippen LogP contribution < -0.4 is 9.64 Å². The third-order valence-electron chi connectivity index (χ3n) is 4.50. The van der Waals surface area contributed by atoms with Crippen LogP contribution in [0.5, 0.6) is 11.5 Å². The number of nitrogens with zero attached hydrogens (tertiary/aromatic N) is 2. The Morgan fingerprint density at radius 1 is 1.23 bits per heavy atom. The van der Waals surface area contributed by atoms with E-state index < -0.39 is 6.10 Å². The van der Waals surface area contributed by atoms with Gasteiger partial charge in [0.2, 0.25) is 0 Å². The number of benzene rings is 1. The third-order valence-corrected chi connectivity index (χ3v) is 4.50. The van der Waals surface area contributed by atoms with Crippen LogP contribution in [0.4, 0.5) is 5.69 Å². The van der Waals surface area contributed by atoms with Crippen LogP contribution in [0.2, 0.25) is 0 Å². The number of phenols is 1. The summed E-state index contributed by atoms with van der Waals surface area (Å²) in [5, 5.41) is 9.73. The molecule has 22 heavy (non-hydrogen) atoms. The molecule has 5 nitrogen and oxygen atoms in total. The maximum absolute atomic E-state index is 12.6. The number of fused-ring (bicyclic) bond motifs is 1. The van der Waals surface area contributed by atoms with Crippen molar-refractivity contribution in [3.63, 3.8) is 0 Å². The van der Waals surface area contributed by atoms with E-state index in [4.69, 9.17) is 4.74 Å². The zero-order valence-corrected chi connectivity index (χ0v) is 13.1. The molecule has 0 aromatic heterocycles. The molecule has 2 aliphatic rings. The molecule has 0 aliphatic carbocycles. The van der Waals surface area contributed by atoms with Gasteiger partial charge in [-0.3, -0.25) is 4.79 Å². The highest BCUT2D eigenvalue weighted by atomic mass is 16.5. The van der Waals surface area contributed by atoms with Crippen LogP contribution in [0.1, 0.15) is 32.6 Å². The number of likely N-dealkylation sites (tertiary alicyclic amines) is 1. The van der Waals surface area contributed by atoms with Gasteiger partial charge < -0.3 is 19.6 Å². The molecule has 0 radical (unpaired) electrons. The Morgan fingerprint density at radius 2 is 2.00 bits per heavy atom. The van der Waals surface area contributed by atoms with Gasteiger partial charge in [-0.2, -0.15) is 0 Å². The Balaban J connectivity index is 1.77. The lowest BCUT2D eigenvalue weighted by molar-refractivity contribution is -0.126. The van der Waals surface area contributed by atoms with Gasteiger partial charge in [-0.05, 0) is 44.5 Å². The van der Waals surface area contributed by atoms with E-state index in [9.17, 15) is 9.90 Å². The topological polar surface area (TPSA) is 53.0 Å². The Hall–Kier alpha value is -1.75. The van der Waals surface area contributed by atoms with E-state index in [-0.39, 0.29) is 11.7 Å². The molecule has 1 aromatic rings. The molecule has 0 bridgehead atoms. The number of piperidine rings is 1. The number of hydrogen-bond donors (Lipinski definition) is 1. The van der Waals surface area contributed by atoms with Crippen LogP contribution in [-0.4, -0.2) is 48.2 Å². The van der Waals surface area contributed by atoms with E-state index in [2.05, 4.69) is 4.90 Å². The number of hydrogen-bond acceptors (Lipinski definition) is 4. The molecule has 1 atom stereocenters. The standard InChI is InChI=1S/C17H24N2O3/c1-2-15-17(21)19(11-10-18-8-4-3-5-9-18)14-12-13(20)6-7-16(14)22-15/h6-7,12,15,20H,2-5,8-11H2,1H3. The van der Waals surface area contributed by atoms with Crippen molar-refractivity contribution in [3.05, 3.63) is 18.2 Å². The molecule has 0 spiro atoms. The van der Waals surface area contributed by atoms with Crippen LogP contribution in [0.25, 0.3) is 0 Å². The summed E-state index contributed by atoms with van der Waals surface area (Å²) in [5.41, 5.74) is 0.687. The maximum Gasteiger partial charge on any atom is 0.268 e. The molecule has 1 unspecified atom stereocenters. The predicted molar refractivity (Wildman–Crippen MR) is 85.5 cm³/mol. The van der Waals surface area contributed by atoms with Crippen molar-refractivity contribution in [1.29, 1.82) is 0 Å². The van der Waals surface area contributed by atoms with Gasteiger partial charge in [-0.15, -0.1) is 0 Å². The lowest BCUT2D eigenvalue weighted by Crippen LogP contribution is -2.48. The van der Waals surface area contributed by atoms with Gasteiger partial charge >= 0.3 is 0 Å². The molecule has 1 fully saturated rings. The minimum Gasteiger partial charge on any atom is -0.508 e. The van der Waals surface area contributed by atoms with Gasteiger partial charge in [0.15, 0.2) is 6.10 Å². The highest BCUT2D eigenvalue weighted by Gasteiger charge is 2.33. The fourth-order valence-corrected chi connectivity index (χ4v) is 3.23. The number of amides is 1. The molecular weight excluding hydrogens is 280 g/mol. The molecule has 1 aromatic carbocycles. The van der Waals surface area contributed by atoms with Crippen LogP contribution in [-0.2, 0) is 4.79 Å². The summed E-state index contributed by atoms with van der Waals surface area (Å²) in [6, 6.07) is 4.97. The van der Waals surface area contributed by atoms with E-state index in [0.717, 1.165) is 19.6 Å².